The van der Waals surface area contributed by atoms with E-state index in [-0.39, 0.29) is 5.56 Å². The minimum Gasteiger partial charge on any atom is -0.322 e. The lowest BCUT2D eigenvalue weighted by atomic mass is 10.1. The molecular weight excluding hydrogens is 405 g/mol. The van der Waals surface area contributed by atoms with Gasteiger partial charge in [-0.3, -0.25) is 9.59 Å². The van der Waals surface area contributed by atoms with Crippen LogP contribution in [0.3, 0.4) is 0 Å². The summed E-state index contributed by atoms with van der Waals surface area (Å²) in [6, 6.07) is 16.8. The maximum absolute atomic E-state index is 12.8. The van der Waals surface area contributed by atoms with E-state index in [2.05, 4.69) is 10.6 Å². The minimum atomic E-state index is -4.54. The molecule has 8 heteroatoms. The van der Waals surface area contributed by atoms with Gasteiger partial charge in [0.25, 0.3) is 11.8 Å². The zero-order chi connectivity index (χ0) is 21.0. The molecule has 0 fully saturated rings. The van der Waals surface area contributed by atoms with E-state index < -0.39 is 23.6 Å². The van der Waals surface area contributed by atoms with E-state index in [0.29, 0.717) is 22.0 Å². The number of nitrogens with one attached hydrogen (secondary N) is 2. The maximum Gasteiger partial charge on any atom is 0.416 e. The van der Waals surface area contributed by atoms with Gasteiger partial charge in [-0.2, -0.15) is 13.2 Å². The first kappa shape index (κ1) is 20.4. The Morgan fingerprint density at radius 1 is 0.724 bits per heavy atom. The van der Waals surface area contributed by atoms with Crippen LogP contribution in [0, 0.1) is 0 Å². The molecule has 0 aliphatic rings. The van der Waals surface area contributed by atoms with Gasteiger partial charge in [0.2, 0.25) is 0 Å². The summed E-state index contributed by atoms with van der Waals surface area (Å²) in [5.41, 5.74) is 0.0323. The van der Waals surface area contributed by atoms with Gasteiger partial charge in [-0.15, -0.1) is 0 Å². The fraction of sp³-hybridized carbons (Fsp3) is 0.0476. The van der Waals surface area contributed by atoms with E-state index >= 15 is 0 Å². The van der Waals surface area contributed by atoms with Crippen LogP contribution >= 0.6 is 11.6 Å². The molecule has 0 atom stereocenters. The topological polar surface area (TPSA) is 58.2 Å². The van der Waals surface area contributed by atoms with Gasteiger partial charge >= 0.3 is 6.18 Å². The lowest BCUT2D eigenvalue weighted by Crippen LogP contribution is -2.15. The van der Waals surface area contributed by atoms with Gasteiger partial charge in [0, 0.05) is 27.5 Å². The molecule has 0 bridgehead atoms. The SMILES string of the molecule is O=C(Nc1cccc(NC(=O)c2cccc(C(F)(F)F)c2)c1)c1cccc(Cl)c1. The highest BCUT2D eigenvalue weighted by molar-refractivity contribution is 6.31. The van der Waals surface area contributed by atoms with Crippen molar-refractivity contribution >= 4 is 34.8 Å². The highest BCUT2D eigenvalue weighted by atomic mass is 35.5. The molecule has 0 unspecified atom stereocenters. The van der Waals surface area contributed by atoms with Gasteiger partial charge in [0.05, 0.1) is 5.56 Å². The summed E-state index contributed by atoms with van der Waals surface area (Å²) < 4.78 is 38.5. The van der Waals surface area contributed by atoms with Crippen molar-refractivity contribution in [1.29, 1.82) is 0 Å². The van der Waals surface area contributed by atoms with E-state index in [1.165, 1.54) is 24.3 Å². The normalized spacial score (nSPS) is 11.0. The summed E-state index contributed by atoms with van der Waals surface area (Å²) in [6.07, 6.45) is -4.54. The Hall–Kier alpha value is -3.32. The molecule has 3 aromatic rings. The average Bonchev–Trinajstić information content (AvgIpc) is 2.67. The van der Waals surface area contributed by atoms with Crippen LogP contribution in [0.15, 0.2) is 72.8 Å². The smallest absolute Gasteiger partial charge is 0.322 e. The van der Waals surface area contributed by atoms with Crippen molar-refractivity contribution in [3.8, 4) is 0 Å². The molecule has 0 aliphatic heterocycles. The van der Waals surface area contributed by atoms with Gasteiger partial charge in [-0.25, -0.2) is 0 Å². The Bertz CT molecular complexity index is 1070. The van der Waals surface area contributed by atoms with Gasteiger partial charge in [0.1, 0.15) is 0 Å². The van der Waals surface area contributed by atoms with Crippen molar-refractivity contribution in [3.63, 3.8) is 0 Å². The molecule has 0 aromatic heterocycles. The van der Waals surface area contributed by atoms with Crippen molar-refractivity contribution < 1.29 is 22.8 Å². The van der Waals surface area contributed by atoms with E-state index in [0.717, 1.165) is 12.1 Å². The molecule has 0 aliphatic carbocycles. The van der Waals surface area contributed by atoms with Gasteiger partial charge in [-0.05, 0) is 54.6 Å². The largest absolute Gasteiger partial charge is 0.416 e. The third kappa shape index (κ3) is 5.36. The van der Waals surface area contributed by atoms with Crippen molar-refractivity contribution in [2.45, 2.75) is 6.18 Å². The average molecular weight is 419 g/mol. The van der Waals surface area contributed by atoms with Crippen molar-refractivity contribution in [2.75, 3.05) is 10.6 Å². The quantitative estimate of drug-likeness (QED) is 0.557. The van der Waals surface area contributed by atoms with Crippen LogP contribution in [0.2, 0.25) is 5.02 Å². The lowest BCUT2D eigenvalue weighted by Gasteiger charge is -2.11. The predicted molar refractivity (Wildman–Crippen MR) is 105 cm³/mol. The number of anilines is 2. The monoisotopic (exact) mass is 418 g/mol. The molecule has 0 heterocycles. The number of amides is 2. The second-order valence-electron chi connectivity index (χ2n) is 6.08. The van der Waals surface area contributed by atoms with E-state index in [1.807, 2.05) is 0 Å². The molecule has 0 saturated heterocycles. The number of halogens is 4. The van der Waals surface area contributed by atoms with Crippen LogP contribution in [-0.2, 0) is 6.18 Å². The predicted octanol–water partition coefficient (Wildman–Crippen LogP) is 5.86. The molecule has 3 aromatic carbocycles. The van der Waals surface area contributed by atoms with Crippen LogP contribution in [-0.4, -0.2) is 11.8 Å². The van der Waals surface area contributed by atoms with E-state index in [4.69, 9.17) is 11.6 Å². The summed E-state index contributed by atoms with van der Waals surface area (Å²) >= 11 is 5.87. The molecule has 2 amide bonds. The first-order valence-electron chi connectivity index (χ1n) is 8.38. The Kier molecular flexibility index (Phi) is 5.89. The molecule has 0 saturated carbocycles. The van der Waals surface area contributed by atoms with Crippen LogP contribution in [0.5, 0.6) is 0 Å². The number of hydrogen-bond donors (Lipinski definition) is 2. The number of benzene rings is 3. The lowest BCUT2D eigenvalue weighted by molar-refractivity contribution is -0.137. The minimum absolute atomic E-state index is 0.131. The standard InChI is InChI=1S/C21H14ClF3N2O2/c22-16-7-2-5-14(11-16)20(29)27-18-9-3-8-17(12-18)26-19(28)13-4-1-6-15(10-13)21(23,24)25/h1-12H,(H,26,28)(H,27,29). The maximum atomic E-state index is 12.8. The van der Waals surface area contributed by atoms with Crippen LogP contribution in [0.1, 0.15) is 26.3 Å². The van der Waals surface area contributed by atoms with E-state index in [9.17, 15) is 22.8 Å². The zero-order valence-corrected chi connectivity index (χ0v) is 15.5. The summed E-state index contributed by atoms with van der Waals surface area (Å²) in [4.78, 5) is 24.6. The Morgan fingerprint density at radius 2 is 1.24 bits per heavy atom. The molecule has 148 valence electrons. The summed E-state index contributed by atoms with van der Waals surface area (Å²) in [5, 5.41) is 5.61. The fourth-order valence-electron chi connectivity index (χ4n) is 2.55. The summed E-state index contributed by atoms with van der Waals surface area (Å²) in [6.45, 7) is 0. The molecule has 2 N–H and O–H groups in total. The number of alkyl halides is 3. The Labute approximate surface area is 169 Å². The number of hydrogen-bond acceptors (Lipinski definition) is 2. The second kappa shape index (κ2) is 8.36. The van der Waals surface area contributed by atoms with Crippen molar-refractivity contribution in [1.82, 2.24) is 0 Å². The first-order valence-corrected chi connectivity index (χ1v) is 8.76. The third-order valence-electron chi connectivity index (χ3n) is 3.92. The molecule has 29 heavy (non-hydrogen) atoms. The fourth-order valence-corrected chi connectivity index (χ4v) is 2.74. The Balaban J connectivity index is 1.73. The van der Waals surface area contributed by atoms with Crippen molar-refractivity contribution in [2.24, 2.45) is 0 Å². The highest BCUT2D eigenvalue weighted by Crippen LogP contribution is 2.29. The van der Waals surface area contributed by atoms with Crippen molar-refractivity contribution in [3.05, 3.63) is 94.5 Å². The second-order valence-corrected chi connectivity index (χ2v) is 6.51. The van der Waals surface area contributed by atoms with Gasteiger partial charge < -0.3 is 10.6 Å². The molecule has 0 radical (unpaired) electrons. The Morgan fingerprint density at radius 3 is 1.79 bits per heavy atom. The summed E-state index contributed by atoms with van der Waals surface area (Å²) in [5.74, 6) is -1.09. The molecule has 3 rings (SSSR count). The summed E-state index contributed by atoms with van der Waals surface area (Å²) in [7, 11) is 0. The first-order chi connectivity index (χ1) is 13.7. The number of carbonyl (C=O) groups is 2. The third-order valence-corrected chi connectivity index (χ3v) is 4.15. The number of rotatable bonds is 4. The van der Waals surface area contributed by atoms with E-state index in [1.54, 1.807) is 36.4 Å². The molecule has 4 nitrogen and oxygen atoms in total. The highest BCUT2D eigenvalue weighted by Gasteiger charge is 2.30. The van der Waals surface area contributed by atoms with Crippen LogP contribution < -0.4 is 10.6 Å². The molecular formula is C21H14ClF3N2O2. The van der Waals surface area contributed by atoms with Gasteiger partial charge in [-0.1, -0.05) is 29.8 Å². The number of carbonyl (C=O) groups excluding carboxylic acids is 2. The molecule has 0 spiro atoms. The van der Waals surface area contributed by atoms with Crippen LogP contribution in [0.4, 0.5) is 24.5 Å². The van der Waals surface area contributed by atoms with Gasteiger partial charge in [0.15, 0.2) is 0 Å². The van der Waals surface area contributed by atoms with Crippen LogP contribution in [0.25, 0.3) is 0 Å². The zero-order valence-electron chi connectivity index (χ0n) is 14.8.